The van der Waals surface area contributed by atoms with Crippen LogP contribution in [0.5, 0.6) is 0 Å². The summed E-state index contributed by atoms with van der Waals surface area (Å²) >= 11 is 5.73. The van der Waals surface area contributed by atoms with Gasteiger partial charge < -0.3 is 0 Å². The van der Waals surface area contributed by atoms with Gasteiger partial charge in [-0.1, -0.05) is 17.7 Å². The summed E-state index contributed by atoms with van der Waals surface area (Å²) in [6.45, 7) is 0. The van der Waals surface area contributed by atoms with E-state index in [4.69, 9.17) is 16.9 Å². The van der Waals surface area contributed by atoms with E-state index in [0.29, 0.717) is 10.7 Å². The van der Waals surface area contributed by atoms with Crippen molar-refractivity contribution in [3.05, 3.63) is 59.1 Å². The molecular weight excluding hydrogens is 343 g/mol. The molecule has 0 aliphatic heterocycles. The fraction of sp³-hybridized carbons (Fsp3) is 0.133. The predicted octanol–water partition coefficient (Wildman–Crippen LogP) is 6.08. The molecule has 0 amide bonds. The lowest BCUT2D eigenvalue weighted by atomic mass is 10.2. The average Bonchev–Trinajstić information content (AvgIpc) is 2.56. The van der Waals surface area contributed by atoms with Crippen molar-refractivity contribution in [2.75, 3.05) is 0 Å². The van der Waals surface area contributed by atoms with Gasteiger partial charge in [-0.3, -0.25) is 0 Å². The minimum Gasteiger partial charge on any atom is -0.194 e. The maximum atomic E-state index is 12.6. The van der Waals surface area contributed by atoms with Crippen LogP contribution >= 0.6 is 11.6 Å². The van der Waals surface area contributed by atoms with Crippen LogP contribution in [0.25, 0.3) is 0 Å². The molecule has 0 radical (unpaired) electrons. The second kappa shape index (κ2) is 7.66. The Kier molecular flexibility index (Phi) is 5.60. The van der Waals surface area contributed by atoms with Gasteiger partial charge in [-0.25, -0.2) is 0 Å². The number of hydrogen-bond acceptors (Lipinski definition) is 5. The second-order valence-electron chi connectivity index (χ2n) is 4.46. The van der Waals surface area contributed by atoms with Gasteiger partial charge in [0.25, 0.3) is 6.17 Å². The summed E-state index contributed by atoms with van der Waals surface area (Å²) in [5, 5.41) is 24.1. The van der Waals surface area contributed by atoms with Crippen LogP contribution in [0, 0.1) is 11.3 Å². The third-order valence-corrected chi connectivity index (χ3v) is 2.93. The molecule has 0 spiro atoms. The minimum absolute atomic E-state index is 0.0354. The summed E-state index contributed by atoms with van der Waals surface area (Å²) < 4.78 is 37.8. The van der Waals surface area contributed by atoms with Crippen molar-refractivity contribution in [2.45, 2.75) is 12.3 Å². The summed E-state index contributed by atoms with van der Waals surface area (Å²) in [4.78, 5) is 0. The van der Waals surface area contributed by atoms with Gasteiger partial charge in [-0.2, -0.15) is 28.7 Å². The van der Waals surface area contributed by atoms with Crippen molar-refractivity contribution in [1.29, 1.82) is 5.26 Å². The molecule has 2 aromatic carbocycles. The van der Waals surface area contributed by atoms with Crippen molar-refractivity contribution >= 4 is 23.0 Å². The highest BCUT2D eigenvalue weighted by Gasteiger charge is 2.30. The molecule has 2 aromatic rings. The van der Waals surface area contributed by atoms with E-state index >= 15 is 0 Å². The van der Waals surface area contributed by atoms with E-state index in [1.165, 1.54) is 12.1 Å². The predicted molar refractivity (Wildman–Crippen MR) is 81.3 cm³/mol. The van der Waals surface area contributed by atoms with Gasteiger partial charge in [0.15, 0.2) is 0 Å². The van der Waals surface area contributed by atoms with Crippen LogP contribution in [0.4, 0.5) is 24.5 Å². The average molecular weight is 352 g/mol. The Morgan fingerprint density at radius 1 is 0.958 bits per heavy atom. The van der Waals surface area contributed by atoms with Crippen molar-refractivity contribution in [1.82, 2.24) is 0 Å². The molecule has 0 aliphatic carbocycles. The van der Waals surface area contributed by atoms with Crippen molar-refractivity contribution in [3.8, 4) is 6.07 Å². The first kappa shape index (κ1) is 17.6. The first-order valence-electron chi connectivity index (χ1n) is 6.52. The highest BCUT2D eigenvalue weighted by molar-refractivity contribution is 6.30. The smallest absolute Gasteiger partial charge is 0.194 e. The zero-order valence-corrected chi connectivity index (χ0v) is 12.7. The molecular formula is C15H9ClF3N5. The van der Waals surface area contributed by atoms with Crippen LogP contribution in [-0.4, -0.2) is 6.17 Å². The van der Waals surface area contributed by atoms with E-state index in [1.54, 1.807) is 30.3 Å². The van der Waals surface area contributed by atoms with Crippen LogP contribution in [0.3, 0.4) is 0 Å². The van der Waals surface area contributed by atoms with Crippen LogP contribution in [0.1, 0.15) is 5.56 Å². The van der Waals surface area contributed by atoms with E-state index < -0.39 is 17.9 Å². The maximum absolute atomic E-state index is 12.6. The zero-order chi connectivity index (χ0) is 17.6. The zero-order valence-electron chi connectivity index (χ0n) is 11.9. The van der Waals surface area contributed by atoms with Gasteiger partial charge in [-0.05, 0) is 42.5 Å². The first-order valence-corrected chi connectivity index (χ1v) is 6.90. The molecule has 0 saturated carbocycles. The van der Waals surface area contributed by atoms with E-state index in [2.05, 4.69) is 20.5 Å². The fourth-order valence-corrected chi connectivity index (χ4v) is 1.70. The van der Waals surface area contributed by atoms with E-state index in [0.717, 1.165) is 12.1 Å². The lowest BCUT2D eigenvalue weighted by molar-refractivity contribution is -0.137. The quantitative estimate of drug-likeness (QED) is 0.615. The standard InChI is InChI=1S/C15H9ClF3N5/c16-11-4-6-12(7-5-11)21-23-14(9-20)24-22-13-3-1-2-10(8-13)15(17,18)19/h1-8,14H. The summed E-state index contributed by atoms with van der Waals surface area (Å²) in [5.41, 5.74) is -0.434. The SMILES string of the molecule is N#CC(N=Nc1ccc(Cl)cc1)N=Nc1cccc(C(F)(F)F)c1. The van der Waals surface area contributed by atoms with E-state index in [-0.39, 0.29) is 5.69 Å². The second-order valence-corrected chi connectivity index (χ2v) is 4.89. The molecule has 0 bridgehead atoms. The van der Waals surface area contributed by atoms with E-state index in [1.807, 2.05) is 0 Å². The summed E-state index contributed by atoms with van der Waals surface area (Å²) in [7, 11) is 0. The number of nitrogens with zero attached hydrogens (tertiary/aromatic N) is 5. The van der Waals surface area contributed by atoms with Crippen LogP contribution in [0.2, 0.25) is 5.02 Å². The molecule has 0 heterocycles. The summed E-state index contributed by atoms with van der Waals surface area (Å²) in [6.07, 6.45) is -5.75. The molecule has 0 fully saturated rings. The fourth-order valence-electron chi connectivity index (χ4n) is 1.57. The Bertz CT molecular complexity index is 794. The Morgan fingerprint density at radius 2 is 1.58 bits per heavy atom. The lowest BCUT2D eigenvalue weighted by Gasteiger charge is -2.05. The van der Waals surface area contributed by atoms with Gasteiger partial charge in [0, 0.05) is 5.02 Å². The number of alkyl halides is 3. The molecule has 0 N–H and O–H groups in total. The van der Waals surface area contributed by atoms with Gasteiger partial charge >= 0.3 is 6.18 Å². The highest BCUT2D eigenvalue weighted by Crippen LogP contribution is 2.31. The normalized spacial score (nSPS) is 13.3. The molecule has 5 nitrogen and oxygen atoms in total. The number of azo groups is 2. The molecule has 24 heavy (non-hydrogen) atoms. The van der Waals surface area contributed by atoms with Gasteiger partial charge in [0.1, 0.15) is 6.07 Å². The molecule has 9 heteroatoms. The van der Waals surface area contributed by atoms with Crippen LogP contribution in [-0.2, 0) is 6.18 Å². The Hall–Kier alpha value is -2.79. The van der Waals surface area contributed by atoms with Gasteiger partial charge in [0.05, 0.1) is 16.9 Å². The van der Waals surface area contributed by atoms with Gasteiger partial charge in [-0.15, -0.1) is 10.2 Å². The van der Waals surface area contributed by atoms with Gasteiger partial charge in [0.2, 0.25) is 0 Å². The Labute approximate surface area is 140 Å². The van der Waals surface area contributed by atoms with Crippen molar-refractivity contribution in [3.63, 3.8) is 0 Å². The minimum atomic E-state index is -4.48. The largest absolute Gasteiger partial charge is 0.416 e. The lowest BCUT2D eigenvalue weighted by Crippen LogP contribution is -2.03. The van der Waals surface area contributed by atoms with E-state index in [9.17, 15) is 13.2 Å². The third kappa shape index (κ3) is 5.14. The summed E-state index contributed by atoms with van der Waals surface area (Å²) in [6, 6.07) is 12.4. The molecule has 1 unspecified atom stereocenters. The molecule has 2 rings (SSSR count). The number of nitriles is 1. The topological polar surface area (TPSA) is 73.2 Å². The molecule has 0 aromatic heterocycles. The van der Waals surface area contributed by atoms with Crippen LogP contribution in [0.15, 0.2) is 69.0 Å². The first-order chi connectivity index (χ1) is 11.4. The molecule has 1 atom stereocenters. The molecule has 0 aliphatic rings. The number of rotatable bonds is 4. The maximum Gasteiger partial charge on any atom is 0.416 e. The number of halogens is 4. The highest BCUT2D eigenvalue weighted by atomic mass is 35.5. The van der Waals surface area contributed by atoms with Crippen molar-refractivity contribution in [2.24, 2.45) is 20.5 Å². The summed E-state index contributed by atoms with van der Waals surface area (Å²) in [5.74, 6) is 0. The Morgan fingerprint density at radius 3 is 2.17 bits per heavy atom. The monoisotopic (exact) mass is 351 g/mol. The Balaban J connectivity index is 2.11. The molecule has 0 saturated heterocycles. The third-order valence-electron chi connectivity index (χ3n) is 2.68. The number of hydrogen-bond donors (Lipinski definition) is 0. The number of benzene rings is 2. The van der Waals surface area contributed by atoms with Crippen molar-refractivity contribution < 1.29 is 13.2 Å². The molecule has 122 valence electrons. The van der Waals surface area contributed by atoms with Crippen LogP contribution < -0.4 is 0 Å².